The second kappa shape index (κ2) is 11.9. The summed E-state index contributed by atoms with van der Waals surface area (Å²) in [6.45, 7) is 0.977. The first-order chi connectivity index (χ1) is 20.4. The maximum atomic E-state index is 14.7. The lowest BCUT2D eigenvalue weighted by molar-refractivity contribution is 0.171. The first-order valence-electron chi connectivity index (χ1n) is 13.2. The number of hydrogen-bond acceptors (Lipinski definition) is 7. The number of nitriles is 1. The van der Waals surface area contributed by atoms with Gasteiger partial charge in [0.2, 0.25) is 0 Å². The highest BCUT2D eigenvalue weighted by Crippen LogP contribution is 2.37. The molecule has 0 bridgehead atoms. The lowest BCUT2D eigenvalue weighted by atomic mass is 10.0. The highest BCUT2D eigenvalue weighted by atomic mass is 35.5. The van der Waals surface area contributed by atoms with E-state index in [4.69, 9.17) is 23.2 Å². The molecule has 0 spiro atoms. The Morgan fingerprint density at radius 1 is 1.07 bits per heavy atom. The third kappa shape index (κ3) is 5.59. The molecule has 0 aliphatic carbocycles. The molecule has 8 nitrogen and oxygen atoms in total. The van der Waals surface area contributed by atoms with Crippen LogP contribution in [-0.2, 0) is 0 Å². The standard InChI is InChI=1S/C30H24Cl2F2N8/c31-22-11-19(6-7-24(22)33)38-28-18(13-35)14-37-30-21(28)10-20(12-23(30)32)39-29(17-4-2-1-3-5-17)26-16-42(41-40-26)27-8-9-36-15-25(27)34/h1-7,10-12,14,16,25,27,29,36,39H,8-9,15H2,(H,37,38)/t25-,27?,29+/m1/s1. The molecular formula is C30H24Cl2F2N8. The maximum absolute atomic E-state index is 14.7. The number of piperidine rings is 1. The van der Waals surface area contributed by atoms with Crippen LogP contribution < -0.4 is 16.0 Å². The van der Waals surface area contributed by atoms with Gasteiger partial charge in [-0.3, -0.25) is 4.98 Å². The molecule has 3 heterocycles. The zero-order valence-electron chi connectivity index (χ0n) is 22.0. The average molecular weight is 605 g/mol. The third-order valence-electron chi connectivity index (χ3n) is 7.22. The Kier molecular flexibility index (Phi) is 7.89. The van der Waals surface area contributed by atoms with E-state index in [0.29, 0.717) is 51.6 Å². The number of fused-ring (bicyclic) bond motifs is 1. The molecule has 1 fully saturated rings. The Bertz CT molecular complexity index is 1790. The van der Waals surface area contributed by atoms with Crippen molar-refractivity contribution in [1.29, 1.82) is 5.26 Å². The molecule has 1 unspecified atom stereocenters. The van der Waals surface area contributed by atoms with Crippen LogP contribution in [0.15, 0.2) is 73.1 Å². The van der Waals surface area contributed by atoms with E-state index in [-0.39, 0.29) is 17.1 Å². The number of hydrogen-bond donors (Lipinski definition) is 3. The zero-order valence-corrected chi connectivity index (χ0v) is 23.5. The topological polar surface area (TPSA) is 103 Å². The van der Waals surface area contributed by atoms with Gasteiger partial charge in [-0.15, -0.1) is 5.10 Å². The predicted octanol–water partition coefficient (Wildman–Crippen LogP) is 6.96. The van der Waals surface area contributed by atoms with Crippen LogP contribution in [0.25, 0.3) is 10.9 Å². The van der Waals surface area contributed by atoms with E-state index in [0.717, 1.165) is 5.56 Å². The SMILES string of the molecule is N#Cc1cnc2c(Cl)cc(N[C@@H](c3ccccc3)c3cn(C4CCNC[C@H]4F)nn3)cc2c1Nc1ccc(F)c(Cl)c1. The highest BCUT2D eigenvalue weighted by Gasteiger charge is 2.28. The second-order valence-corrected chi connectivity index (χ2v) is 10.8. The molecule has 0 saturated carbocycles. The fraction of sp³-hybridized carbons (Fsp3) is 0.200. The van der Waals surface area contributed by atoms with E-state index in [1.54, 1.807) is 16.9 Å². The Hall–Kier alpha value is -4.30. The van der Waals surface area contributed by atoms with Crippen molar-refractivity contribution >= 4 is 51.2 Å². The number of halogens is 4. The quantitative estimate of drug-likeness (QED) is 0.184. The van der Waals surface area contributed by atoms with Gasteiger partial charge < -0.3 is 16.0 Å². The van der Waals surface area contributed by atoms with Gasteiger partial charge in [-0.2, -0.15) is 5.26 Å². The van der Waals surface area contributed by atoms with E-state index >= 15 is 0 Å². The Balaban J connectivity index is 1.41. The van der Waals surface area contributed by atoms with E-state index in [2.05, 4.69) is 37.3 Å². The third-order valence-corrected chi connectivity index (χ3v) is 7.79. The summed E-state index contributed by atoms with van der Waals surface area (Å²) in [6.07, 6.45) is 2.74. The number of aromatic nitrogens is 4. The summed E-state index contributed by atoms with van der Waals surface area (Å²) in [6, 6.07) is 18.8. The van der Waals surface area contributed by atoms with Gasteiger partial charge >= 0.3 is 0 Å². The molecule has 1 aliphatic heterocycles. The Morgan fingerprint density at radius 2 is 1.88 bits per heavy atom. The minimum absolute atomic E-state index is 0.0559. The number of nitrogens with one attached hydrogen (secondary N) is 3. The molecule has 2 aromatic heterocycles. The fourth-order valence-corrected chi connectivity index (χ4v) is 5.56. The molecule has 3 N–H and O–H groups in total. The van der Waals surface area contributed by atoms with Crippen LogP contribution in [0, 0.1) is 17.1 Å². The van der Waals surface area contributed by atoms with Gasteiger partial charge in [-0.05, 0) is 48.9 Å². The number of anilines is 3. The Morgan fingerprint density at radius 3 is 2.64 bits per heavy atom. The summed E-state index contributed by atoms with van der Waals surface area (Å²) in [4.78, 5) is 4.41. The van der Waals surface area contributed by atoms with Gasteiger partial charge in [-0.1, -0.05) is 58.7 Å². The Labute approximate surface area is 250 Å². The van der Waals surface area contributed by atoms with Crippen LogP contribution in [-0.4, -0.2) is 39.2 Å². The second-order valence-electron chi connectivity index (χ2n) is 9.95. The van der Waals surface area contributed by atoms with Crippen molar-refractivity contribution < 1.29 is 8.78 Å². The van der Waals surface area contributed by atoms with Gasteiger partial charge in [0.25, 0.3) is 0 Å². The van der Waals surface area contributed by atoms with Crippen LogP contribution in [0.2, 0.25) is 10.0 Å². The molecule has 0 amide bonds. The first kappa shape index (κ1) is 27.8. The molecule has 3 aromatic carbocycles. The van der Waals surface area contributed by atoms with Crippen molar-refractivity contribution in [2.75, 3.05) is 23.7 Å². The lowest BCUT2D eigenvalue weighted by Crippen LogP contribution is -2.39. The minimum Gasteiger partial charge on any atom is -0.373 e. The van der Waals surface area contributed by atoms with E-state index in [9.17, 15) is 14.0 Å². The van der Waals surface area contributed by atoms with E-state index < -0.39 is 24.1 Å². The highest BCUT2D eigenvalue weighted by molar-refractivity contribution is 6.36. The van der Waals surface area contributed by atoms with Crippen LogP contribution >= 0.6 is 23.2 Å². The molecule has 3 atom stereocenters. The molecule has 1 saturated heterocycles. The van der Waals surface area contributed by atoms with E-state index in [1.165, 1.54) is 24.4 Å². The van der Waals surface area contributed by atoms with Crippen molar-refractivity contribution in [2.24, 2.45) is 0 Å². The molecule has 1 aliphatic rings. The summed E-state index contributed by atoms with van der Waals surface area (Å²) in [5, 5.41) is 29.2. The first-order valence-corrected chi connectivity index (χ1v) is 14.0. The number of rotatable bonds is 7. The number of nitrogens with zero attached hydrogens (tertiary/aromatic N) is 5. The van der Waals surface area contributed by atoms with Crippen LogP contribution in [0.4, 0.5) is 25.8 Å². The summed E-state index contributed by atoms with van der Waals surface area (Å²) in [5.74, 6) is -0.553. The van der Waals surface area contributed by atoms with Crippen molar-refractivity contribution in [3.63, 3.8) is 0 Å². The van der Waals surface area contributed by atoms with Gasteiger partial charge in [0.1, 0.15) is 23.8 Å². The van der Waals surface area contributed by atoms with Crippen LogP contribution in [0.1, 0.15) is 35.3 Å². The van der Waals surface area contributed by atoms with Gasteiger partial charge in [0.05, 0.1) is 45.1 Å². The van der Waals surface area contributed by atoms with Crippen LogP contribution in [0.3, 0.4) is 0 Å². The summed E-state index contributed by atoms with van der Waals surface area (Å²) in [5.41, 5.74) is 3.80. The maximum Gasteiger partial charge on any atom is 0.141 e. The van der Waals surface area contributed by atoms with Gasteiger partial charge in [-0.25, -0.2) is 13.5 Å². The predicted molar refractivity (Wildman–Crippen MR) is 160 cm³/mol. The summed E-state index contributed by atoms with van der Waals surface area (Å²) in [7, 11) is 0. The van der Waals surface area contributed by atoms with Gasteiger partial charge in [0.15, 0.2) is 0 Å². The summed E-state index contributed by atoms with van der Waals surface area (Å²) < 4.78 is 30.1. The lowest BCUT2D eigenvalue weighted by Gasteiger charge is -2.26. The fourth-order valence-electron chi connectivity index (χ4n) is 5.11. The minimum atomic E-state index is -1.07. The molecule has 212 valence electrons. The number of pyridine rings is 1. The molecular weight excluding hydrogens is 581 g/mol. The van der Waals surface area contributed by atoms with Crippen molar-refractivity contribution in [3.05, 3.63) is 106 Å². The summed E-state index contributed by atoms with van der Waals surface area (Å²) >= 11 is 12.7. The van der Waals surface area contributed by atoms with Crippen molar-refractivity contribution in [3.8, 4) is 6.07 Å². The molecule has 12 heteroatoms. The average Bonchev–Trinajstić information content (AvgIpc) is 3.48. The number of alkyl halides is 1. The molecule has 6 rings (SSSR count). The van der Waals surface area contributed by atoms with Crippen molar-refractivity contribution in [2.45, 2.75) is 24.7 Å². The zero-order chi connectivity index (χ0) is 29.2. The largest absolute Gasteiger partial charge is 0.373 e. The monoisotopic (exact) mass is 604 g/mol. The molecule has 5 aromatic rings. The van der Waals surface area contributed by atoms with Gasteiger partial charge in [0, 0.05) is 29.5 Å². The van der Waals surface area contributed by atoms with E-state index in [1.807, 2.05) is 36.4 Å². The molecule has 0 radical (unpaired) electrons. The smallest absolute Gasteiger partial charge is 0.141 e. The number of benzene rings is 3. The van der Waals surface area contributed by atoms with Crippen LogP contribution in [0.5, 0.6) is 0 Å². The van der Waals surface area contributed by atoms with Crippen molar-refractivity contribution in [1.82, 2.24) is 25.3 Å². The normalized spacial score (nSPS) is 17.5. The molecule has 42 heavy (non-hydrogen) atoms.